The fourth-order valence-corrected chi connectivity index (χ4v) is 4.44. The van der Waals surface area contributed by atoms with Gasteiger partial charge in [0.15, 0.2) is 0 Å². The molecule has 30 heavy (non-hydrogen) atoms. The van der Waals surface area contributed by atoms with Gasteiger partial charge in [0.25, 0.3) is 0 Å². The number of likely N-dealkylation sites (tertiary alicyclic amines) is 1. The molecule has 3 amide bonds. The zero-order valence-corrected chi connectivity index (χ0v) is 18.5. The molecule has 0 aromatic heterocycles. The van der Waals surface area contributed by atoms with Crippen LogP contribution in [-0.2, 0) is 14.4 Å². The number of nitrogens with one attached hydrogen (secondary N) is 1. The summed E-state index contributed by atoms with van der Waals surface area (Å²) in [4.78, 5) is 37.9. The summed E-state index contributed by atoms with van der Waals surface area (Å²) in [5.41, 5.74) is 0.320. The minimum Gasteiger partial charge on any atom is -0.495 e. The van der Waals surface area contributed by atoms with Crippen molar-refractivity contribution in [2.24, 2.45) is 5.41 Å². The SMILES string of the molecule is CCOc1cc(C2CCN(C(=O)CC[C@@]3(C)CC(=O)NC3=O)CC2)cc(OC)c1Cl. The molecule has 3 rings (SSSR count). The lowest BCUT2D eigenvalue weighted by atomic mass is 9.83. The summed E-state index contributed by atoms with van der Waals surface area (Å²) in [5.74, 6) is 0.987. The van der Waals surface area contributed by atoms with Gasteiger partial charge in [0.2, 0.25) is 17.7 Å². The Bertz CT molecular complexity index is 835. The summed E-state index contributed by atoms with van der Waals surface area (Å²) in [5, 5.41) is 2.80. The van der Waals surface area contributed by atoms with Gasteiger partial charge in [-0.2, -0.15) is 0 Å². The lowest BCUT2D eigenvalue weighted by molar-refractivity contribution is -0.133. The van der Waals surface area contributed by atoms with Gasteiger partial charge in [-0.15, -0.1) is 0 Å². The second kappa shape index (κ2) is 9.25. The van der Waals surface area contributed by atoms with Crippen molar-refractivity contribution in [1.29, 1.82) is 0 Å². The lowest BCUT2D eigenvalue weighted by Gasteiger charge is -2.33. The van der Waals surface area contributed by atoms with Crippen molar-refractivity contribution in [2.45, 2.75) is 51.9 Å². The maximum Gasteiger partial charge on any atom is 0.233 e. The molecule has 0 radical (unpaired) electrons. The van der Waals surface area contributed by atoms with E-state index >= 15 is 0 Å². The molecule has 2 fully saturated rings. The van der Waals surface area contributed by atoms with Crippen LogP contribution in [0.4, 0.5) is 0 Å². The number of hydrogen-bond donors (Lipinski definition) is 1. The number of amides is 3. The Morgan fingerprint density at radius 2 is 1.93 bits per heavy atom. The molecule has 0 saturated carbocycles. The molecule has 0 aliphatic carbocycles. The molecule has 2 saturated heterocycles. The van der Waals surface area contributed by atoms with E-state index in [4.69, 9.17) is 21.1 Å². The monoisotopic (exact) mass is 436 g/mol. The van der Waals surface area contributed by atoms with Crippen LogP contribution < -0.4 is 14.8 Å². The smallest absolute Gasteiger partial charge is 0.233 e. The number of piperidine rings is 1. The molecule has 2 heterocycles. The summed E-state index contributed by atoms with van der Waals surface area (Å²) < 4.78 is 11.0. The second-order valence-corrected chi connectivity index (χ2v) is 8.62. The van der Waals surface area contributed by atoms with Crippen molar-refractivity contribution in [1.82, 2.24) is 10.2 Å². The summed E-state index contributed by atoms with van der Waals surface area (Å²) in [6, 6.07) is 3.91. The van der Waals surface area contributed by atoms with Crippen LogP contribution in [0.2, 0.25) is 5.02 Å². The molecule has 2 aliphatic rings. The first kappa shape index (κ1) is 22.4. The van der Waals surface area contributed by atoms with Crippen LogP contribution in [0.15, 0.2) is 12.1 Å². The Kier molecular flexibility index (Phi) is 6.91. The standard InChI is InChI=1S/C22H29ClN2O5/c1-4-30-17-12-15(11-16(29-3)20(17)23)14-6-9-25(10-7-14)19(27)5-8-22(2)13-18(26)24-21(22)28/h11-12,14H,4-10,13H2,1-3H3,(H,24,26,28)/t22-/m0/s1. The average Bonchev–Trinajstić information content (AvgIpc) is 2.99. The van der Waals surface area contributed by atoms with E-state index in [0.29, 0.717) is 42.6 Å². The van der Waals surface area contributed by atoms with Crippen LogP contribution >= 0.6 is 11.6 Å². The van der Waals surface area contributed by atoms with E-state index in [9.17, 15) is 14.4 Å². The van der Waals surface area contributed by atoms with Gasteiger partial charge in [-0.25, -0.2) is 0 Å². The molecule has 0 unspecified atom stereocenters. The molecule has 0 bridgehead atoms. The predicted octanol–water partition coefficient (Wildman–Crippen LogP) is 3.29. The predicted molar refractivity (Wildman–Crippen MR) is 113 cm³/mol. The second-order valence-electron chi connectivity index (χ2n) is 8.24. The molecule has 0 spiro atoms. The number of benzene rings is 1. The molecule has 1 N–H and O–H groups in total. The van der Waals surface area contributed by atoms with Crippen molar-refractivity contribution in [3.05, 3.63) is 22.7 Å². The molecule has 1 atom stereocenters. The van der Waals surface area contributed by atoms with Gasteiger partial charge in [0, 0.05) is 25.9 Å². The first-order chi connectivity index (χ1) is 14.3. The van der Waals surface area contributed by atoms with E-state index in [1.54, 1.807) is 14.0 Å². The van der Waals surface area contributed by atoms with Gasteiger partial charge in [0.1, 0.15) is 16.5 Å². The molecule has 1 aromatic carbocycles. The van der Waals surface area contributed by atoms with E-state index in [1.807, 2.05) is 24.0 Å². The first-order valence-corrected chi connectivity index (χ1v) is 10.8. The Hall–Kier alpha value is -2.28. The lowest BCUT2D eigenvalue weighted by Crippen LogP contribution is -2.39. The highest BCUT2D eigenvalue weighted by atomic mass is 35.5. The number of methoxy groups -OCH3 is 1. The normalized spacial score (nSPS) is 22.2. The van der Waals surface area contributed by atoms with Crippen molar-refractivity contribution >= 4 is 29.3 Å². The van der Waals surface area contributed by atoms with Gasteiger partial charge in [0.05, 0.1) is 19.1 Å². The maximum atomic E-state index is 12.7. The fraction of sp³-hybridized carbons (Fsp3) is 0.591. The van der Waals surface area contributed by atoms with Crippen molar-refractivity contribution < 1.29 is 23.9 Å². The molecule has 8 heteroatoms. The highest BCUT2D eigenvalue weighted by Crippen LogP contribution is 2.40. The molecular formula is C22H29ClN2O5. The van der Waals surface area contributed by atoms with Crippen molar-refractivity contribution in [2.75, 3.05) is 26.8 Å². The maximum absolute atomic E-state index is 12.7. The summed E-state index contributed by atoms with van der Waals surface area (Å²) in [6.45, 7) is 5.48. The van der Waals surface area contributed by atoms with E-state index in [-0.39, 0.29) is 36.5 Å². The highest BCUT2D eigenvalue weighted by Gasteiger charge is 2.42. The Labute approximate surface area is 182 Å². The number of hydrogen-bond acceptors (Lipinski definition) is 5. The Morgan fingerprint density at radius 1 is 1.27 bits per heavy atom. The van der Waals surface area contributed by atoms with E-state index < -0.39 is 5.41 Å². The van der Waals surface area contributed by atoms with E-state index in [1.165, 1.54) is 0 Å². The summed E-state index contributed by atoms with van der Waals surface area (Å²) in [7, 11) is 1.58. The number of nitrogens with zero attached hydrogens (tertiary/aromatic N) is 1. The largest absolute Gasteiger partial charge is 0.495 e. The summed E-state index contributed by atoms with van der Waals surface area (Å²) >= 11 is 6.33. The Morgan fingerprint density at radius 3 is 2.50 bits per heavy atom. The minimum absolute atomic E-state index is 0.0329. The van der Waals surface area contributed by atoms with Crippen molar-refractivity contribution in [3.8, 4) is 11.5 Å². The van der Waals surface area contributed by atoms with Crippen LogP contribution in [0, 0.1) is 5.41 Å². The van der Waals surface area contributed by atoms with Crippen LogP contribution in [0.5, 0.6) is 11.5 Å². The number of rotatable bonds is 7. The zero-order valence-electron chi connectivity index (χ0n) is 17.8. The third-order valence-electron chi connectivity index (χ3n) is 6.11. The number of ether oxygens (including phenoxy) is 2. The molecule has 164 valence electrons. The number of imide groups is 1. The Balaban J connectivity index is 1.58. The van der Waals surface area contributed by atoms with Gasteiger partial charge < -0.3 is 14.4 Å². The number of carbonyl (C=O) groups excluding carboxylic acids is 3. The number of carbonyl (C=O) groups is 3. The zero-order chi connectivity index (χ0) is 21.9. The fourth-order valence-electron chi connectivity index (χ4n) is 4.20. The van der Waals surface area contributed by atoms with E-state index in [2.05, 4.69) is 5.32 Å². The molecule has 7 nitrogen and oxygen atoms in total. The van der Waals surface area contributed by atoms with Crippen LogP contribution in [0.1, 0.15) is 57.4 Å². The van der Waals surface area contributed by atoms with Gasteiger partial charge in [-0.1, -0.05) is 18.5 Å². The first-order valence-electron chi connectivity index (χ1n) is 10.4. The quantitative estimate of drug-likeness (QED) is 0.663. The van der Waals surface area contributed by atoms with Crippen LogP contribution in [0.25, 0.3) is 0 Å². The van der Waals surface area contributed by atoms with Gasteiger partial charge >= 0.3 is 0 Å². The number of halogens is 1. The molecule has 1 aromatic rings. The average molecular weight is 437 g/mol. The van der Waals surface area contributed by atoms with Crippen molar-refractivity contribution in [3.63, 3.8) is 0 Å². The van der Waals surface area contributed by atoms with Crippen LogP contribution in [-0.4, -0.2) is 49.4 Å². The molecule has 2 aliphatic heterocycles. The third-order valence-corrected chi connectivity index (χ3v) is 6.48. The summed E-state index contributed by atoms with van der Waals surface area (Å²) in [6.07, 6.45) is 2.47. The topological polar surface area (TPSA) is 84.9 Å². The van der Waals surface area contributed by atoms with Crippen LogP contribution in [0.3, 0.4) is 0 Å². The third kappa shape index (κ3) is 4.72. The van der Waals surface area contributed by atoms with Gasteiger partial charge in [-0.05, 0) is 49.8 Å². The molecular weight excluding hydrogens is 408 g/mol. The minimum atomic E-state index is -0.777. The van der Waals surface area contributed by atoms with Gasteiger partial charge in [-0.3, -0.25) is 19.7 Å². The van der Waals surface area contributed by atoms with E-state index in [0.717, 1.165) is 18.4 Å². The highest BCUT2D eigenvalue weighted by molar-refractivity contribution is 6.33.